The summed E-state index contributed by atoms with van der Waals surface area (Å²) in [5, 5.41) is 2.81. The predicted octanol–water partition coefficient (Wildman–Crippen LogP) is 2.17. The average molecular weight is 305 g/mol. The molecule has 112 valence electrons. The van der Waals surface area contributed by atoms with E-state index in [2.05, 4.69) is 5.32 Å². The zero-order chi connectivity index (χ0) is 14.0. The van der Waals surface area contributed by atoms with Crippen molar-refractivity contribution in [3.8, 4) is 0 Å². The minimum absolute atomic E-state index is 0. The minimum Gasteiger partial charge on any atom is -0.349 e. The van der Waals surface area contributed by atoms with E-state index >= 15 is 0 Å². The molecule has 1 aromatic carbocycles. The first kappa shape index (κ1) is 16.9. The lowest BCUT2D eigenvalue weighted by Gasteiger charge is -2.29. The van der Waals surface area contributed by atoms with E-state index < -0.39 is 23.1 Å². The van der Waals surface area contributed by atoms with Crippen LogP contribution < -0.4 is 11.1 Å². The second-order valence-corrected chi connectivity index (χ2v) is 5.32. The minimum atomic E-state index is -0.698. The van der Waals surface area contributed by atoms with Crippen LogP contribution in [-0.2, 0) is 11.2 Å². The Morgan fingerprint density at radius 2 is 1.95 bits per heavy atom. The molecular formula is C14H19ClF2N2O. The maximum Gasteiger partial charge on any atom is 0.225 e. The summed E-state index contributed by atoms with van der Waals surface area (Å²) in [4.78, 5) is 11.9. The third kappa shape index (κ3) is 3.67. The van der Waals surface area contributed by atoms with Gasteiger partial charge in [-0.3, -0.25) is 4.79 Å². The van der Waals surface area contributed by atoms with Crippen molar-refractivity contribution < 1.29 is 13.6 Å². The van der Waals surface area contributed by atoms with Gasteiger partial charge in [0.15, 0.2) is 0 Å². The van der Waals surface area contributed by atoms with Gasteiger partial charge in [0.2, 0.25) is 5.91 Å². The van der Waals surface area contributed by atoms with Gasteiger partial charge in [-0.05, 0) is 37.8 Å². The summed E-state index contributed by atoms with van der Waals surface area (Å²) in [5.41, 5.74) is 5.01. The molecule has 1 fully saturated rings. The van der Waals surface area contributed by atoms with E-state index in [9.17, 15) is 13.6 Å². The molecule has 1 saturated carbocycles. The SMILES string of the molecule is CC(CN)(NC(=O)Cc1c(F)cccc1F)C1CC1.Cl. The van der Waals surface area contributed by atoms with Gasteiger partial charge in [-0.1, -0.05) is 6.07 Å². The van der Waals surface area contributed by atoms with E-state index in [1.54, 1.807) is 0 Å². The monoisotopic (exact) mass is 304 g/mol. The Morgan fingerprint density at radius 1 is 1.40 bits per heavy atom. The molecule has 0 aliphatic heterocycles. The van der Waals surface area contributed by atoms with Crippen molar-refractivity contribution >= 4 is 18.3 Å². The van der Waals surface area contributed by atoms with Crippen molar-refractivity contribution in [3.63, 3.8) is 0 Å². The zero-order valence-corrected chi connectivity index (χ0v) is 12.1. The second kappa shape index (κ2) is 6.50. The number of rotatable bonds is 5. The van der Waals surface area contributed by atoms with E-state index in [1.165, 1.54) is 6.07 Å². The van der Waals surface area contributed by atoms with Crippen molar-refractivity contribution in [2.24, 2.45) is 11.7 Å². The molecule has 3 N–H and O–H groups in total. The van der Waals surface area contributed by atoms with Crippen LogP contribution in [-0.4, -0.2) is 18.0 Å². The average Bonchev–Trinajstić information content (AvgIpc) is 3.18. The number of carbonyl (C=O) groups is 1. The summed E-state index contributed by atoms with van der Waals surface area (Å²) in [6, 6.07) is 3.57. The molecule has 20 heavy (non-hydrogen) atoms. The van der Waals surface area contributed by atoms with Crippen LogP contribution in [0.4, 0.5) is 8.78 Å². The van der Waals surface area contributed by atoms with Crippen LogP contribution in [0.5, 0.6) is 0 Å². The Morgan fingerprint density at radius 3 is 2.40 bits per heavy atom. The number of hydrogen-bond acceptors (Lipinski definition) is 2. The highest BCUT2D eigenvalue weighted by Gasteiger charge is 2.41. The highest BCUT2D eigenvalue weighted by molar-refractivity contribution is 5.85. The molecule has 1 aliphatic rings. The topological polar surface area (TPSA) is 55.1 Å². The number of amides is 1. The first-order valence-electron chi connectivity index (χ1n) is 6.40. The molecular weight excluding hydrogens is 286 g/mol. The molecule has 1 atom stereocenters. The number of nitrogens with two attached hydrogens (primary N) is 1. The van der Waals surface area contributed by atoms with Crippen molar-refractivity contribution in [2.75, 3.05) is 6.54 Å². The Hall–Kier alpha value is -1.20. The molecule has 6 heteroatoms. The molecule has 3 nitrogen and oxygen atoms in total. The fraction of sp³-hybridized carbons (Fsp3) is 0.500. The summed E-state index contributed by atoms with van der Waals surface area (Å²) in [5.74, 6) is -1.43. The van der Waals surface area contributed by atoms with Crippen LogP contribution in [0.25, 0.3) is 0 Å². The maximum atomic E-state index is 13.5. The van der Waals surface area contributed by atoms with Gasteiger partial charge >= 0.3 is 0 Å². The van der Waals surface area contributed by atoms with E-state index in [4.69, 9.17) is 5.73 Å². The van der Waals surface area contributed by atoms with Crippen LogP contribution in [0.1, 0.15) is 25.3 Å². The molecule has 1 aromatic rings. The van der Waals surface area contributed by atoms with Crippen molar-refractivity contribution in [3.05, 3.63) is 35.4 Å². The summed E-state index contributed by atoms with van der Waals surface area (Å²) in [7, 11) is 0. The van der Waals surface area contributed by atoms with E-state index in [-0.39, 0.29) is 24.4 Å². The van der Waals surface area contributed by atoms with Crippen LogP contribution in [0.15, 0.2) is 18.2 Å². The highest BCUT2D eigenvalue weighted by Crippen LogP contribution is 2.39. The number of nitrogens with one attached hydrogen (secondary N) is 1. The predicted molar refractivity (Wildman–Crippen MR) is 75.6 cm³/mol. The Balaban J connectivity index is 0.00000200. The first-order valence-corrected chi connectivity index (χ1v) is 6.40. The highest BCUT2D eigenvalue weighted by atomic mass is 35.5. The summed E-state index contributed by atoms with van der Waals surface area (Å²) in [6.07, 6.45) is 1.75. The van der Waals surface area contributed by atoms with Gasteiger partial charge in [0.1, 0.15) is 11.6 Å². The second-order valence-electron chi connectivity index (χ2n) is 5.32. The van der Waals surface area contributed by atoms with E-state index in [1.807, 2.05) is 6.92 Å². The Bertz CT molecular complexity index is 474. The zero-order valence-electron chi connectivity index (χ0n) is 11.3. The number of carbonyl (C=O) groups excluding carboxylic acids is 1. The molecule has 1 unspecified atom stereocenters. The standard InChI is InChI=1S/C14H18F2N2O.ClH/c1-14(8-17,9-5-6-9)18-13(19)7-10-11(15)3-2-4-12(10)16;/h2-4,9H,5-8,17H2,1H3,(H,18,19);1H. The van der Waals surface area contributed by atoms with Crippen molar-refractivity contribution in [1.29, 1.82) is 0 Å². The normalized spacial score (nSPS) is 17.0. The number of benzene rings is 1. The fourth-order valence-electron chi connectivity index (χ4n) is 2.26. The van der Waals surface area contributed by atoms with E-state index in [0.29, 0.717) is 12.5 Å². The molecule has 1 amide bonds. The maximum absolute atomic E-state index is 13.5. The van der Waals surface area contributed by atoms with Gasteiger partial charge in [-0.25, -0.2) is 8.78 Å². The van der Waals surface area contributed by atoms with Crippen molar-refractivity contribution in [2.45, 2.75) is 31.7 Å². The number of hydrogen-bond donors (Lipinski definition) is 2. The lowest BCUT2D eigenvalue weighted by atomic mass is 9.95. The van der Waals surface area contributed by atoms with Crippen molar-refractivity contribution in [1.82, 2.24) is 5.32 Å². The van der Waals surface area contributed by atoms with Crippen LogP contribution in [0, 0.1) is 17.6 Å². The fourth-order valence-corrected chi connectivity index (χ4v) is 2.26. The van der Waals surface area contributed by atoms with Gasteiger partial charge in [0.05, 0.1) is 12.0 Å². The van der Waals surface area contributed by atoms with Crippen LogP contribution in [0.2, 0.25) is 0 Å². The molecule has 0 saturated heterocycles. The molecule has 0 bridgehead atoms. The van der Waals surface area contributed by atoms with Gasteiger partial charge in [0.25, 0.3) is 0 Å². The Labute approximate surface area is 123 Å². The molecule has 0 radical (unpaired) electrons. The summed E-state index contributed by atoms with van der Waals surface area (Å²) in [6.45, 7) is 2.20. The van der Waals surface area contributed by atoms with Crippen LogP contribution >= 0.6 is 12.4 Å². The lowest BCUT2D eigenvalue weighted by molar-refractivity contribution is -0.122. The lowest BCUT2D eigenvalue weighted by Crippen LogP contribution is -2.53. The molecule has 0 heterocycles. The van der Waals surface area contributed by atoms with Gasteiger partial charge in [-0.15, -0.1) is 12.4 Å². The Kier molecular flexibility index (Phi) is 5.48. The van der Waals surface area contributed by atoms with Crippen LogP contribution in [0.3, 0.4) is 0 Å². The quantitative estimate of drug-likeness (QED) is 0.876. The summed E-state index contributed by atoms with van der Waals surface area (Å²) >= 11 is 0. The molecule has 0 aromatic heterocycles. The third-order valence-electron chi connectivity index (χ3n) is 3.73. The van der Waals surface area contributed by atoms with Gasteiger partial charge in [-0.2, -0.15) is 0 Å². The van der Waals surface area contributed by atoms with Gasteiger partial charge in [0, 0.05) is 12.1 Å². The summed E-state index contributed by atoms with van der Waals surface area (Å²) < 4.78 is 26.9. The van der Waals surface area contributed by atoms with E-state index in [0.717, 1.165) is 25.0 Å². The molecule has 2 rings (SSSR count). The number of halogens is 3. The smallest absolute Gasteiger partial charge is 0.225 e. The van der Waals surface area contributed by atoms with Gasteiger partial charge < -0.3 is 11.1 Å². The largest absolute Gasteiger partial charge is 0.349 e. The molecule has 0 spiro atoms. The molecule has 1 aliphatic carbocycles. The third-order valence-corrected chi connectivity index (χ3v) is 3.73. The first-order chi connectivity index (χ1) is 8.96.